The normalized spacial score (nSPS) is 13.2. The second kappa shape index (κ2) is 9.21. The standard InChI is InChI=1S/C21H27N3O3S/c1-14-7-9-15(10-8-14)27-12-11-24(2)13-18(25)23-21-19(20(22)26)16-5-3-4-6-17(16)28-21/h7-10H,3-6,11-13H2,1-2H3,(H2,22,26)(H,23,25). The third-order valence-corrected chi connectivity index (χ3v) is 6.05. The molecule has 1 heterocycles. The second-order valence-electron chi connectivity index (χ2n) is 7.23. The van der Waals surface area contributed by atoms with Crippen LogP contribution in [0.2, 0.25) is 0 Å². The summed E-state index contributed by atoms with van der Waals surface area (Å²) in [7, 11) is 1.87. The summed E-state index contributed by atoms with van der Waals surface area (Å²) in [5.74, 6) is 0.201. The van der Waals surface area contributed by atoms with E-state index in [1.165, 1.54) is 21.8 Å². The molecule has 2 amide bonds. The first-order valence-corrected chi connectivity index (χ1v) is 10.4. The highest BCUT2D eigenvalue weighted by molar-refractivity contribution is 7.17. The number of carbonyl (C=O) groups is 2. The molecule has 0 unspecified atom stereocenters. The SMILES string of the molecule is Cc1ccc(OCCN(C)CC(=O)Nc2sc3c(c2C(N)=O)CCCC3)cc1. The van der Waals surface area contributed by atoms with E-state index in [0.717, 1.165) is 37.0 Å². The van der Waals surface area contributed by atoms with Crippen LogP contribution >= 0.6 is 11.3 Å². The lowest BCUT2D eigenvalue weighted by molar-refractivity contribution is -0.117. The zero-order valence-corrected chi connectivity index (χ0v) is 17.2. The number of nitrogens with one attached hydrogen (secondary N) is 1. The monoisotopic (exact) mass is 401 g/mol. The van der Waals surface area contributed by atoms with Crippen molar-refractivity contribution < 1.29 is 14.3 Å². The number of aryl methyl sites for hydroxylation is 2. The summed E-state index contributed by atoms with van der Waals surface area (Å²) in [4.78, 5) is 27.4. The van der Waals surface area contributed by atoms with Gasteiger partial charge in [0.2, 0.25) is 5.91 Å². The van der Waals surface area contributed by atoms with Gasteiger partial charge in [0.25, 0.3) is 5.91 Å². The van der Waals surface area contributed by atoms with Crippen LogP contribution in [-0.4, -0.2) is 43.5 Å². The van der Waals surface area contributed by atoms with Gasteiger partial charge in [0, 0.05) is 11.4 Å². The maximum absolute atomic E-state index is 12.4. The number of likely N-dealkylation sites (N-methyl/N-ethyl adjacent to an activating group) is 1. The Balaban J connectivity index is 1.51. The van der Waals surface area contributed by atoms with E-state index in [0.29, 0.717) is 23.7 Å². The average molecular weight is 402 g/mol. The van der Waals surface area contributed by atoms with Crippen molar-refractivity contribution in [2.75, 3.05) is 32.1 Å². The third kappa shape index (κ3) is 5.11. The van der Waals surface area contributed by atoms with Crippen molar-refractivity contribution >= 4 is 28.2 Å². The number of anilines is 1. The molecule has 2 aromatic rings. The molecule has 1 aliphatic rings. The number of fused-ring (bicyclic) bond motifs is 1. The van der Waals surface area contributed by atoms with Gasteiger partial charge >= 0.3 is 0 Å². The van der Waals surface area contributed by atoms with Crippen LogP contribution in [0.5, 0.6) is 5.75 Å². The van der Waals surface area contributed by atoms with Crippen LogP contribution in [0.15, 0.2) is 24.3 Å². The summed E-state index contributed by atoms with van der Waals surface area (Å²) in [6, 6.07) is 7.88. The Kier molecular flexibility index (Phi) is 6.70. The van der Waals surface area contributed by atoms with Crippen LogP contribution < -0.4 is 15.8 Å². The predicted octanol–water partition coefficient (Wildman–Crippen LogP) is 2.98. The molecule has 0 fully saturated rings. The van der Waals surface area contributed by atoms with E-state index >= 15 is 0 Å². The molecule has 1 aromatic carbocycles. The Morgan fingerprint density at radius 3 is 2.64 bits per heavy atom. The number of benzene rings is 1. The van der Waals surface area contributed by atoms with Crippen LogP contribution in [0, 0.1) is 6.92 Å². The van der Waals surface area contributed by atoms with E-state index in [1.54, 1.807) is 0 Å². The first-order valence-electron chi connectivity index (χ1n) is 9.56. The fraction of sp³-hybridized carbons (Fsp3) is 0.429. The highest BCUT2D eigenvalue weighted by Gasteiger charge is 2.25. The fourth-order valence-electron chi connectivity index (χ4n) is 3.36. The number of amides is 2. The number of hydrogen-bond acceptors (Lipinski definition) is 5. The van der Waals surface area contributed by atoms with Crippen LogP contribution in [0.4, 0.5) is 5.00 Å². The van der Waals surface area contributed by atoms with E-state index in [2.05, 4.69) is 5.32 Å². The van der Waals surface area contributed by atoms with Gasteiger partial charge < -0.3 is 15.8 Å². The molecule has 0 saturated heterocycles. The van der Waals surface area contributed by atoms with Gasteiger partial charge in [-0.15, -0.1) is 11.3 Å². The van der Waals surface area contributed by atoms with Gasteiger partial charge in [-0.2, -0.15) is 0 Å². The maximum atomic E-state index is 12.4. The Labute approximate surface area is 169 Å². The number of carbonyl (C=O) groups excluding carboxylic acids is 2. The molecule has 0 aliphatic heterocycles. The number of nitrogens with zero attached hydrogens (tertiary/aromatic N) is 1. The summed E-state index contributed by atoms with van der Waals surface area (Å²) in [6.07, 6.45) is 3.98. The molecule has 0 atom stereocenters. The van der Waals surface area contributed by atoms with Crippen LogP contribution in [-0.2, 0) is 17.6 Å². The average Bonchev–Trinajstić information content (AvgIpc) is 3.01. The molecule has 6 nitrogen and oxygen atoms in total. The minimum atomic E-state index is -0.463. The smallest absolute Gasteiger partial charge is 0.251 e. The van der Waals surface area contributed by atoms with Gasteiger partial charge in [-0.3, -0.25) is 14.5 Å². The minimum Gasteiger partial charge on any atom is -0.492 e. The van der Waals surface area contributed by atoms with Gasteiger partial charge in [-0.05, 0) is 57.4 Å². The van der Waals surface area contributed by atoms with Crippen molar-refractivity contribution in [3.8, 4) is 5.75 Å². The molecule has 0 bridgehead atoms. The van der Waals surface area contributed by atoms with Gasteiger partial charge in [0.05, 0.1) is 12.1 Å². The largest absolute Gasteiger partial charge is 0.492 e. The van der Waals surface area contributed by atoms with Crippen molar-refractivity contribution in [1.29, 1.82) is 0 Å². The molecule has 3 N–H and O–H groups in total. The van der Waals surface area contributed by atoms with Crippen LogP contribution in [0.25, 0.3) is 0 Å². The first-order chi connectivity index (χ1) is 13.4. The Bertz CT molecular complexity index is 845. The molecular formula is C21H27N3O3S. The maximum Gasteiger partial charge on any atom is 0.251 e. The van der Waals surface area contributed by atoms with Gasteiger partial charge in [0.1, 0.15) is 17.4 Å². The zero-order valence-electron chi connectivity index (χ0n) is 16.4. The van der Waals surface area contributed by atoms with Crippen molar-refractivity contribution in [2.24, 2.45) is 5.73 Å². The lowest BCUT2D eigenvalue weighted by Gasteiger charge is -2.16. The van der Waals surface area contributed by atoms with Crippen molar-refractivity contribution in [3.63, 3.8) is 0 Å². The summed E-state index contributed by atoms with van der Waals surface area (Å²) in [5, 5.41) is 3.48. The number of thiophene rings is 1. The zero-order chi connectivity index (χ0) is 20.1. The Hall–Kier alpha value is -2.38. The summed E-state index contributed by atoms with van der Waals surface area (Å²) in [6.45, 7) is 3.36. The summed E-state index contributed by atoms with van der Waals surface area (Å²) < 4.78 is 5.70. The van der Waals surface area contributed by atoms with E-state index < -0.39 is 5.91 Å². The molecular weight excluding hydrogens is 374 g/mol. The summed E-state index contributed by atoms with van der Waals surface area (Å²) >= 11 is 1.49. The molecule has 0 spiro atoms. The molecule has 28 heavy (non-hydrogen) atoms. The van der Waals surface area contributed by atoms with Crippen molar-refractivity contribution in [3.05, 3.63) is 45.8 Å². The van der Waals surface area contributed by atoms with Gasteiger partial charge in [0.15, 0.2) is 0 Å². The lowest BCUT2D eigenvalue weighted by Crippen LogP contribution is -2.33. The van der Waals surface area contributed by atoms with E-state index in [-0.39, 0.29) is 12.5 Å². The minimum absolute atomic E-state index is 0.154. The number of rotatable bonds is 8. The van der Waals surface area contributed by atoms with Crippen LogP contribution in [0.3, 0.4) is 0 Å². The van der Waals surface area contributed by atoms with E-state index in [9.17, 15) is 9.59 Å². The molecule has 1 aliphatic carbocycles. The fourth-order valence-corrected chi connectivity index (χ4v) is 4.67. The van der Waals surface area contributed by atoms with Crippen LogP contribution in [0.1, 0.15) is 39.2 Å². The lowest BCUT2D eigenvalue weighted by atomic mass is 9.95. The van der Waals surface area contributed by atoms with Crippen molar-refractivity contribution in [2.45, 2.75) is 32.6 Å². The molecule has 0 radical (unpaired) electrons. The second-order valence-corrected chi connectivity index (χ2v) is 8.33. The molecule has 0 saturated carbocycles. The quantitative estimate of drug-likeness (QED) is 0.712. The van der Waals surface area contributed by atoms with E-state index in [4.69, 9.17) is 10.5 Å². The van der Waals surface area contributed by atoms with Crippen molar-refractivity contribution in [1.82, 2.24) is 4.90 Å². The molecule has 3 rings (SSSR count). The van der Waals surface area contributed by atoms with Gasteiger partial charge in [-0.1, -0.05) is 17.7 Å². The number of nitrogens with two attached hydrogens (primary N) is 1. The summed E-state index contributed by atoms with van der Waals surface area (Å²) in [5.41, 5.74) is 8.29. The number of ether oxygens (including phenoxy) is 1. The van der Waals surface area contributed by atoms with E-state index in [1.807, 2.05) is 43.1 Å². The number of hydrogen-bond donors (Lipinski definition) is 2. The highest BCUT2D eigenvalue weighted by Crippen LogP contribution is 2.37. The first kappa shape index (κ1) is 20.4. The molecule has 1 aromatic heterocycles. The highest BCUT2D eigenvalue weighted by atomic mass is 32.1. The molecule has 7 heteroatoms. The predicted molar refractivity (Wildman–Crippen MR) is 112 cm³/mol. The number of primary amides is 1. The molecule has 150 valence electrons. The Morgan fingerprint density at radius 2 is 1.93 bits per heavy atom. The Morgan fingerprint density at radius 1 is 1.21 bits per heavy atom. The third-order valence-electron chi connectivity index (χ3n) is 4.85. The topological polar surface area (TPSA) is 84.7 Å². The van der Waals surface area contributed by atoms with Gasteiger partial charge in [-0.25, -0.2) is 0 Å².